The lowest BCUT2D eigenvalue weighted by molar-refractivity contribution is 0.213. The molecule has 1 aliphatic heterocycles. The van der Waals surface area contributed by atoms with Crippen LogP contribution in [0.5, 0.6) is 0 Å². The third kappa shape index (κ3) is 3.15. The fraction of sp³-hybridized carbons (Fsp3) is 0.800. The number of hydrogen-bond acceptors (Lipinski definition) is 5. The maximum atomic E-state index is 5.91. The molecule has 0 saturated carbocycles. The Kier molecular flexibility index (Phi) is 4.72. The minimum atomic E-state index is 0.0696. The second-order valence-corrected chi connectivity index (χ2v) is 7.77. The van der Waals surface area contributed by atoms with Crippen molar-refractivity contribution in [1.82, 2.24) is 9.88 Å². The van der Waals surface area contributed by atoms with E-state index in [0.29, 0.717) is 12.6 Å². The molecule has 0 bridgehead atoms. The van der Waals surface area contributed by atoms with Crippen molar-refractivity contribution in [3.63, 3.8) is 0 Å². The molecule has 1 unspecified atom stereocenters. The molecule has 1 aromatic heterocycles. The summed E-state index contributed by atoms with van der Waals surface area (Å²) in [4.78, 5) is 11.0. The highest BCUT2D eigenvalue weighted by atomic mass is 32.1. The molecule has 0 spiro atoms. The van der Waals surface area contributed by atoms with Crippen LogP contribution < -0.4 is 10.6 Å². The van der Waals surface area contributed by atoms with Gasteiger partial charge in [-0.2, -0.15) is 0 Å². The molecule has 0 aliphatic carbocycles. The van der Waals surface area contributed by atoms with Crippen LogP contribution in [0, 0.1) is 0 Å². The summed E-state index contributed by atoms with van der Waals surface area (Å²) in [5.74, 6) is 0. The summed E-state index contributed by atoms with van der Waals surface area (Å²) < 4.78 is 0. The predicted molar refractivity (Wildman–Crippen MR) is 87.6 cm³/mol. The van der Waals surface area contributed by atoms with Crippen LogP contribution in [0.15, 0.2) is 0 Å². The summed E-state index contributed by atoms with van der Waals surface area (Å²) in [7, 11) is 2.22. The summed E-state index contributed by atoms with van der Waals surface area (Å²) >= 11 is 1.78. The van der Waals surface area contributed by atoms with Crippen molar-refractivity contribution >= 4 is 16.5 Å². The number of rotatable bonds is 3. The van der Waals surface area contributed by atoms with Gasteiger partial charge in [-0.15, -0.1) is 11.3 Å². The van der Waals surface area contributed by atoms with Crippen LogP contribution in [-0.4, -0.2) is 42.6 Å². The molecule has 1 atom stereocenters. The molecular formula is C15H28N4S. The van der Waals surface area contributed by atoms with Crippen molar-refractivity contribution in [2.75, 3.05) is 31.6 Å². The molecule has 4 nitrogen and oxygen atoms in total. The molecule has 20 heavy (non-hydrogen) atoms. The Hall–Kier alpha value is -0.650. The van der Waals surface area contributed by atoms with Crippen LogP contribution in [0.4, 0.5) is 5.13 Å². The lowest BCUT2D eigenvalue weighted by Crippen LogP contribution is -2.51. The fourth-order valence-electron chi connectivity index (χ4n) is 2.76. The highest BCUT2D eigenvalue weighted by Crippen LogP contribution is 2.34. The molecule has 1 saturated heterocycles. The summed E-state index contributed by atoms with van der Waals surface area (Å²) in [6, 6.07) is 0.632. The lowest BCUT2D eigenvalue weighted by atomic mass is 9.91. The number of nitrogens with two attached hydrogens (primary N) is 1. The van der Waals surface area contributed by atoms with Crippen LogP contribution >= 0.6 is 11.3 Å². The third-order valence-electron chi connectivity index (χ3n) is 4.10. The molecule has 0 amide bonds. The quantitative estimate of drug-likeness (QED) is 0.930. The van der Waals surface area contributed by atoms with E-state index in [1.54, 1.807) is 11.3 Å². The Balaban J connectivity index is 2.23. The first-order valence-electron chi connectivity index (χ1n) is 7.52. The number of hydrogen-bond donors (Lipinski definition) is 1. The Morgan fingerprint density at radius 2 is 2.05 bits per heavy atom. The summed E-state index contributed by atoms with van der Waals surface area (Å²) in [6.45, 7) is 12.7. The predicted octanol–water partition coefficient (Wildman–Crippen LogP) is 2.43. The second-order valence-electron chi connectivity index (χ2n) is 6.71. The molecule has 2 N–H and O–H groups in total. The normalized spacial score (nSPS) is 21.5. The number of piperazine rings is 1. The van der Waals surface area contributed by atoms with Crippen molar-refractivity contribution in [3.8, 4) is 0 Å². The highest BCUT2D eigenvalue weighted by molar-refractivity contribution is 7.15. The molecular weight excluding hydrogens is 268 g/mol. The van der Waals surface area contributed by atoms with E-state index in [4.69, 9.17) is 10.7 Å². The van der Waals surface area contributed by atoms with Gasteiger partial charge in [-0.25, -0.2) is 4.98 Å². The van der Waals surface area contributed by atoms with Crippen molar-refractivity contribution < 1.29 is 0 Å². The van der Waals surface area contributed by atoms with Gasteiger partial charge in [0.15, 0.2) is 5.13 Å². The van der Waals surface area contributed by atoms with Crippen molar-refractivity contribution in [2.24, 2.45) is 5.73 Å². The highest BCUT2D eigenvalue weighted by Gasteiger charge is 2.28. The Labute approximate surface area is 127 Å². The van der Waals surface area contributed by atoms with Gasteiger partial charge >= 0.3 is 0 Å². The zero-order valence-corrected chi connectivity index (χ0v) is 14.3. The van der Waals surface area contributed by atoms with E-state index in [9.17, 15) is 0 Å². The monoisotopic (exact) mass is 296 g/mol. The third-order valence-corrected chi connectivity index (χ3v) is 5.24. The molecule has 0 aromatic carbocycles. The number of thiazole rings is 1. The number of anilines is 1. The largest absolute Gasteiger partial charge is 0.345 e. The number of aromatic nitrogens is 1. The molecule has 1 aromatic rings. The maximum Gasteiger partial charge on any atom is 0.185 e. The summed E-state index contributed by atoms with van der Waals surface area (Å²) in [5, 5.41) is 1.15. The van der Waals surface area contributed by atoms with Crippen molar-refractivity contribution in [1.29, 1.82) is 0 Å². The first kappa shape index (κ1) is 15.7. The van der Waals surface area contributed by atoms with Gasteiger partial charge in [0.1, 0.15) is 0 Å². The Morgan fingerprint density at radius 3 is 2.55 bits per heavy atom. The molecule has 0 radical (unpaired) electrons. The average Bonchev–Trinajstić information content (AvgIpc) is 2.83. The topological polar surface area (TPSA) is 45.4 Å². The van der Waals surface area contributed by atoms with Gasteiger partial charge in [0, 0.05) is 42.5 Å². The van der Waals surface area contributed by atoms with E-state index < -0.39 is 0 Å². The standard InChI is InChI=1S/C15H28N4S/c1-6-11-10-19(8-7-18(11)5)14-17-13(15(2,3)4)12(9-16)20-14/h11H,6-10,16H2,1-5H3. The Bertz CT molecular complexity index is 449. The van der Waals surface area contributed by atoms with Crippen molar-refractivity contribution in [3.05, 3.63) is 10.6 Å². The zero-order valence-electron chi connectivity index (χ0n) is 13.4. The summed E-state index contributed by atoms with van der Waals surface area (Å²) in [6.07, 6.45) is 1.19. The minimum absolute atomic E-state index is 0.0696. The first-order valence-corrected chi connectivity index (χ1v) is 8.34. The number of likely N-dealkylation sites (N-methyl/N-ethyl adjacent to an activating group) is 1. The summed E-state index contributed by atoms with van der Waals surface area (Å²) in [5.41, 5.74) is 7.15. The Morgan fingerprint density at radius 1 is 1.35 bits per heavy atom. The van der Waals surface area contributed by atoms with Gasteiger partial charge in [0.25, 0.3) is 0 Å². The van der Waals surface area contributed by atoms with E-state index in [1.165, 1.54) is 17.0 Å². The van der Waals surface area contributed by atoms with Gasteiger partial charge in [-0.05, 0) is 13.5 Å². The molecule has 5 heteroatoms. The number of nitrogens with zero attached hydrogens (tertiary/aromatic N) is 3. The van der Waals surface area contributed by atoms with E-state index in [-0.39, 0.29) is 5.41 Å². The van der Waals surface area contributed by atoms with Gasteiger partial charge in [0.05, 0.1) is 5.69 Å². The smallest absolute Gasteiger partial charge is 0.185 e. The first-order chi connectivity index (χ1) is 9.36. The molecule has 114 valence electrons. The zero-order chi connectivity index (χ0) is 14.9. The van der Waals surface area contributed by atoms with Crippen LogP contribution in [0.25, 0.3) is 0 Å². The lowest BCUT2D eigenvalue weighted by Gasteiger charge is -2.39. The van der Waals surface area contributed by atoms with Crippen LogP contribution in [-0.2, 0) is 12.0 Å². The molecule has 2 rings (SSSR count). The van der Waals surface area contributed by atoms with Gasteiger partial charge in [-0.3, -0.25) is 4.90 Å². The van der Waals surface area contributed by atoms with E-state index in [0.717, 1.165) is 24.8 Å². The van der Waals surface area contributed by atoms with Crippen LogP contribution in [0.2, 0.25) is 0 Å². The van der Waals surface area contributed by atoms with Crippen LogP contribution in [0.3, 0.4) is 0 Å². The van der Waals surface area contributed by atoms with E-state index in [2.05, 4.69) is 44.5 Å². The molecule has 1 fully saturated rings. The fourth-order valence-corrected chi connectivity index (χ4v) is 3.94. The van der Waals surface area contributed by atoms with E-state index in [1.807, 2.05) is 0 Å². The maximum absolute atomic E-state index is 5.91. The van der Waals surface area contributed by atoms with Crippen LogP contribution in [0.1, 0.15) is 44.7 Å². The van der Waals surface area contributed by atoms with E-state index >= 15 is 0 Å². The van der Waals surface area contributed by atoms with Crippen molar-refractivity contribution in [2.45, 2.75) is 52.1 Å². The molecule has 1 aliphatic rings. The SMILES string of the molecule is CCC1CN(c2nc(C(C)(C)C)c(CN)s2)CCN1C. The minimum Gasteiger partial charge on any atom is -0.345 e. The average molecular weight is 296 g/mol. The second kappa shape index (κ2) is 6.00. The molecule has 2 heterocycles. The van der Waals surface area contributed by atoms with Gasteiger partial charge < -0.3 is 10.6 Å². The van der Waals surface area contributed by atoms with Gasteiger partial charge in [0.2, 0.25) is 0 Å². The van der Waals surface area contributed by atoms with Gasteiger partial charge in [-0.1, -0.05) is 27.7 Å².